The predicted octanol–water partition coefficient (Wildman–Crippen LogP) is 3.82. The highest BCUT2D eigenvalue weighted by molar-refractivity contribution is 5.64. The average Bonchev–Trinajstić information content (AvgIpc) is 2.93. The molecule has 0 radical (unpaired) electrons. The van der Waals surface area contributed by atoms with E-state index >= 15 is 0 Å². The summed E-state index contributed by atoms with van der Waals surface area (Å²) in [4.78, 5) is 11.6. The van der Waals surface area contributed by atoms with E-state index in [1.165, 1.54) is 11.3 Å². The van der Waals surface area contributed by atoms with E-state index < -0.39 is 0 Å². The first-order valence-corrected chi connectivity index (χ1v) is 12.4. The molecule has 3 aromatic rings. The molecule has 0 saturated carbocycles. The fraction of sp³-hybridized carbons (Fsp3) is 0.393. The maximum Gasteiger partial charge on any atom is 0.137 e. The molecule has 180 valence electrons. The van der Waals surface area contributed by atoms with Crippen molar-refractivity contribution in [1.82, 2.24) is 15.3 Å². The van der Waals surface area contributed by atoms with Crippen LogP contribution in [0.3, 0.4) is 0 Å². The van der Waals surface area contributed by atoms with Gasteiger partial charge < -0.3 is 19.7 Å². The third-order valence-electron chi connectivity index (χ3n) is 6.71. The zero-order valence-corrected chi connectivity index (χ0v) is 19.9. The number of benzene rings is 2. The van der Waals surface area contributed by atoms with Crippen LogP contribution < -0.4 is 15.0 Å². The zero-order valence-electron chi connectivity index (χ0n) is 19.9. The Labute approximate surface area is 206 Å². The summed E-state index contributed by atoms with van der Waals surface area (Å²) in [5.41, 5.74) is 4.62. The summed E-state index contributed by atoms with van der Waals surface area (Å²) in [5.74, 6) is 1.94. The summed E-state index contributed by atoms with van der Waals surface area (Å²) in [5, 5.41) is 13.1. The van der Waals surface area contributed by atoms with E-state index in [1.54, 1.807) is 6.20 Å². The maximum atomic E-state index is 9.71. The molecule has 0 aliphatic carbocycles. The van der Waals surface area contributed by atoms with Crippen LogP contribution in [0.5, 0.6) is 5.75 Å². The SMILES string of the molecule is N#Cc1cc(-c2ccnc(Cc3ccc(N4CCOCC4)cc3)n2)ccc1OCC1CCNCC1. The zero-order chi connectivity index (χ0) is 23.9. The van der Waals surface area contributed by atoms with Crippen LogP contribution in [0.2, 0.25) is 0 Å². The van der Waals surface area contributed by atoms with Gasteiger partial charge in [0.2, 0.25) is 0 Å². The summed E-state index contributed by atoms with van der Waals surface area (Å²) in [6.45, 7) is 6.13. The lowest BCUT2D eigenvalue weighted by atomic mass is 9.99. The van der Waals surface area contributed by atoms with Crippen molar-refractivity contribution in [2.75, 3.05) is 50.9 Å². The predicted molar refractivity (Wildman–Crippen MR) is 136 cm³/mol. The molecule has 2 fully saturated rings. The number of rotatable bonds is 7. The summed E-state index contributed by atoms with van der Waals surface area (Å²) < 4.78 is 11.5. The van der Waals surface area contributed by atoms with Crippen molar-refractivity contribution in [2.45, 2.75) is 19.3 Å². The topological polar surface area (TPSA) is 83.3 Å². The molecule has 2 saturated heterocycles. The number of nitrogens with zero attached hydrogens (tertiary/aromatic N) is 4. The highest BCUT2D eigenvalue weighted by atomic mass is 16.5. The minimum atomic E-state index is 0.537. The highest BCUT2D eigenvalue weighted by Crippen LogP contribution is 2.27. The molecule has 0 atom stereocenters. The van der Waals surface area contributed by atoms with Gasteiger partial charge in [0.25, 0.3) is 0 Å². The van der Waals surface area contributed by atoms with Crippen molar-refractivity contribution in [3.8, 4) is 23.1 Å². The lowest BCUT2D eigenvalue weighted by molar-refractivity contribution is 0.122. The quantitative estimate of drug-likeness (QED) is 0.563. The van der Waals surface area contributed by atoms with Gasteiger partial charge in [0.1, 0.15) is 17.6 Å². The molecule has 7 nitrogen and oxygen atoms in total. The Kier molecular flexibility index (Phi) is 7.52. The molecule has 0 unspecified atom stereocenters. The fourth-order valence-electron chi connectivity index (χ4n) is 4.63. The second kappa shape index (κ2) is 11.3. The number of aromatic nitrogens is 2. The van der Waals surface area contributed by atoms with E-state index in [-0.39, 0.29) is 0 Å². The number of anilines is 1. The Hall–Kier alpha value is -3.47. The third kappa shape index (κ3) is 5.97. The Balaban J connectivity index is 1.26. The minimum Gasteiger partial charge on any atom is -0.492 e. The smallest absolute Gasteiger partial charge is 0.137 e. The van der Waals surface area contributed by atoms with E-state index in [0.717, 1.165) is 69.3 Å². The molecule has 5 rings (SSSR count). The molecule has 35 heavy (non-hydrogen) atoms. The van der Waals surface area contributed by atoms with Crippen LogP contribution in [0, 0.1) is 17.2 Å². The van der Waals surface area contributed by atoms with E-state index in [4.69, 9.17) is 14.5 Å². The lowest BCUT2D eigenvalue weighted by Gasteiger charge is -2.28. The van der Waals surface area contributed by atoms with Crippen LogP contribution in [0.4, 0.5) is 5.69 Å². The molecule has 0 spiro atoms. The number of piperidine rings is 1. The first kappa shape index (κ1) is 23.3. The third-order valence-corrected chi connectivity index (χ3v) is 6.71. The normalized spacial score (nSPS) is 16.6. The monoisotopic (exact) mass is 469 g/mol. The molecule has 2 aliphatic heterocycles. The molecule has 3 heterocycles. The van der Waals surface area contributed by atoms with Crippen molar-refractivity contribution in [3.63, 3.8) is 0 Å². The Morgan fingerprint density at radius 1 is 1.06 bits per heavy atom. The standard InChI is InChI=1S/C28H31N5O2/c29-19-24-18-23(3-6-27(24)35-20-22-7-10-30-11-8-22)26-9-12-31-28(32-26)17-21-1-4-25(5-2-21)33-13-15-34-16-14-33/h1-6,9,12,18,22,30H,7-8,10-11,13-17,20H2. The van der Waals surface area contributed by atoms with Gasteiger partial charge in [-0.15, -0.1) is 0 Å². The highest BCUT2D eigenvalue weighted by Gasteiger charge is 2.16. The largest absolute Gasteiger partial charge is 0.492 e. The molecular weight excluding hydrogens is 438 g/mol. The van der Waals surface area contributed by atoms with Crippen LogP contribution in [0.25, 0.3) is 11.3 Å². The number of ether oxygens (including phenoxy) is 2. The van der Waals surface area contributed by atoms with Gasteiger partial charge in [-0.05, 0) is 73.8 Å². The van der Waals surface area contributed by atoms with Crippen molar-refractivity contribution in [3.05, 3.63) is 71.7 Å². The molecule has 1 N–H and O–H groups in total. The number of morpholine rings is 1. The van der Waals surface area contributed by atoms with E-state index in [1.807, 2.05) is 24.3 Å². The second-order valence-electron chi connectivity index (χ2n) is 9.13. The van der Waals surface area contributed by atoms with Crippen LogP contribution in [-0.4, -0.2) is 56.0 Å². The van der Waals surface area contributed by atoms with Crippen molar-refractivity contribution >= 4 is 5.69 Å². The van der Waals surface area contributed by atoms with Crippen LogP contribution >= 0.6 is 0 Å². The van der Waals surface area contributed by atoms with E-state index in [2.05, 4.69) is 45.5 Å². The van der Waals surface area contributed by atoms with Gasteiger partial charge in [-0.1, -0.05) is 12.1 Å². The van der Waals surface area contributed by atoms with Gasteiger partial charge in [-0.3, -0.25) is 0 Å². The van der Waals surface area contributed by atoms with E-state index in [9.17, 15) is 5.26 Å². The second-order valence-corrected chi connectivity index (χ2v) is 9.13. The van der Waals surface area contributed by atoms with Crippen molar-refractivity contribution in [2.24, 2.45) is 5.92 Å². The molecule has 2 aliphatic rings. The first-order chi connectivity index (χ1) is 17.3. The Bertz CT molecular complexity index is 1160. The number of nitriles is 1. The number of nitrogens with one attached hydrogen (secondary N) is 1. The van der Waals surface area contributed by atoms with E-state index in [0.29, 0.717) is 30.3 Å². The molecule has 1 aromatic heterocycles. The average molecular weight is 470 g/mol. The molecule has 2 aromatic carbocycles. The van der Waals surface area contributed by atoms with Crippen LogP contribution in [-0.2, 0) is 11.2 Å². The van der Waals surface area contributed by atoms with Crippen LogP contribution in [0.1, 0.15) is 29.8 Å². The first-order valence-electron chi connectivity index (χ1n) is 12.4. The Morgan fingerprint density at radius 2 is 1.86 bits per heavy atom. The lowest BCUT2D eigenvalue weighted by Crippen LogP contribution is -2.36. The summed E-state index contributed by atoms with van der Waals surface area (Å²) >= 11 is 0. The van der Waals surface area contributed by atoms with Gasteiger partial charge in [0.05, 0.1) is 31.1 Å². The summed E-state index contributed by atoms with van der Waals surface area (Å²) in [6, 6.07) is 18.5. The number of hydrogen-bond donors (Lipinski definition) is 1. The molecule has 7 heteroatoms. The number of hydrogen-bond acceptors (Lipinski definition) is 7. The minimum absolute atomic E-state index is 0.537. The van der Waals surface area contributed by atoms with Gasteiger partial charge in [0.15, 0.2) is 0 Å². The van der Waals surface area contributed by atoms with Crippen LogP contribution in [0.15, 0.2) is 54.7 Å². The van der Waals surface area contributed by atoms with Gasteiger partial charge >= 0.3 is 0 Å². The molecular formula is C28H31N5O2. The van der Waals surface area contributed by atoms with Crippen molar-refractivity contribution < 1.29 is 9.47 Å². The van der Waals surface area contributed by atoms with Gasteiger partial charge in [0, 0.05) is 37.0 Å². The van der Waals surface area contributed by atoms with Gasteiger partial charge in [-0.2, -0.15) is 5.26 Å². The Morgan fingerprint density at radius 3 is 2.63 bits per heavy atom. The summed E-state index contributed by atoms with van der Waals surface area (Å²) in [7, 11) is 0. The molecule has 0 amide bonds. The van der Waals surface area contributed by atoms with Crippen molar-refractivity contribution in [1.29, 1.82) is 5.26 Å². The molecule has 0 bridgehead atoms. The maximum absolute atomic E-state index is 9.71. The summed E-state index contributed by atoms with van der Waals surface area (Å²) in [6.07, 6.45) is 4.66. The fourth-order valence-corrected chi connectivity index (χ4v) is 4.63. The van der Waals surface area contributed by atoms with Gasteiger partial charge in [-0.25, -0.2) is 9.97 Å².